The van der Waals surface area contributed by atoms with Crippen LogP contribution < -0.4 is 11.1 Å². The Labute approximate surface area is 84.0 Å². The van der Waals surface area contributed by atoms with Crippen LogP contribution in [0.15, 0.2) is 0 Å². The van der Waals surface area contributed by atoms with E-state index in [1.54, 1.807) is 0 Å². The van der Waals surface area contributed by atoms with Crippen LogP contribution >= 0.6 is 0 Å². The lowest BCUT2D eigenvalue weighted by molar-refractivity contribution is -0.138. The number of carbonyl (C=O) groups is 2. The summed E-state index contributed by atoms with van der Waals surface area (Å²) in [6.45, 7) is 2.64. The summed E-state index contributed by atoms with van der Waals surface area (Å²) >= 11 is 0. The van der Waals surface area contributed by atoms with Gasteiger partial charge in [-0.3, -0.25) is 9.59 Å². The van der Waals surface area contributed by atoms with Crippen molar-refractivity contribution in [3.05, 3.63) is 0 Å². The molecule has 0 aromatic carbocycles. The maximum atomic E-state index is 11.2. The van der Waals surface area contributed by atoms with Crippen molar-refractivity contribution in [2.45, 2.75) is 25.8 Å². The Morgan fingerprint density at radius 3 is 2.64 bits per heavy atom. The van der Waals surface area contributed by atoms with Gasteiger partial charge >= 0.3 is 0 Å². The molecule has 1 atom stereocenters. The van der Waals surface area contributed by atoms with Crippen LogP contribution in [0.5, 0.6) is 0 Å². The van der Waals surface area contributed by atoms with Crippen molar-refractivity contribution in [3.8, 4) is 0 Å². The number of amides is 1. The van der Waals surface area contributed by atoms with Gasteiger partial charge in [0.05, 0.1) is 12.6 Å². The molecule has 1 unspecified atom stereocenters. The van der Waals surface area contributed by atoms with E-state index in [4.69, 9.17) is 10.5 Å². The number of methoxy groups -OCH3 is 1. The van der Waals surface area contributed by atoms with Crippen LogP contribution in [0.3, 0.4) is 0 Å². The molecule has 14 heavy (non-hydrogen) atoms. The van der Waals surface area contributed by atoms with Crippen molar-refractivity contribution in [2.24, 2.45) is 5.73 Å². The van der Waals surface area contributed by atoms with E-state index in [0.29, 0.717) is 19.6 Å². The predicted molar refractivity (Wildman–Crippen MR) is 52.8 cm³/mol. The third-order valence-corrected chi connectivity index (χ3v) is 1.75. The number of nitrogens with two attached hydrogens (primary N) is 1. The van der Waals surface area contributed by atoms with Gasteiger partial charge in [-0.2, -0.15) is 0 Å². The number of ether oxygens (including phenoxy) is 1. The maximum absolute atomic E-state index is 11.2. The number of carbonyl (C=O) groups excluding carboxylic acids is 2. The molecule has 0 radical (unpaired) electrons. The van der Waals surface area contributed by atoms with Crippen LogP contribution in [0.1, 0.15) is 19.8 Å². The first-order chi connectivity index (χ1) is 6.63. The second-order valence-corrected chi connectivity index (χ2v) is 3.01. The number of ketones is 1. The zero-order valence-corrected chi connectivity index (χ0v) is 8.71. The highest BCUT2D eigenvalue weighted by Gasteiger charge is 2.20. The first-order valence-corrected chi connectivity index (χ1v) is 4.70. The van der Waals surface area contributed by atoms with Crippen LogP contribution in [-0.4, -0.2) is 38.0 Å². The van der Waals surface area contributed by atoms with E-state index in [2.05, 4.69) is 5.32 Å². The summed E-state index contributed by atoms with van der Waals surface area (Å²) in [6.07, 6.45) is 1.33. The average molecular weight is 202 g/mol. The number of rotatable bonds is 7. The second kappa shape index (κ2) is 7.46. The van der Waals surface area contributed by atoms with Crippen LogP contribution in [0.25, 0.3) is 0 Å². The fraction of sp³-hybridized carbons (Fsp3) is 0.778. The first-order valence-electron chi connectivity index (χ1n) is 4.70. The van der Waals surface area contributed by atoms with Crippen LogP contribution in [0.4, 0.5) is 0 Å². The Bertz CT molecular complexity index is 194. The second-order valence-electron chi connectivity index (χ2n) is 3.01. The summed E-state index contributed by atoms with van der Waals surface area (Å²) in [6, 6.07) is -0.678. The number of Topliss-reactive ketones (excluding diaryl/α,β-unsaturated/α-hetero) is 1. The third-order valence-electron chi connectivity index (χ3n) is 1.75. The lowest BCUT2D eigenvalue weighted by atomic mass is 10.1. The molecule has 0 bridgehead atoms. The molecule has 0 aromatic rings. The van der Waals surface area contributed by atoms with Crippen LogP contribution in [0, 0.1) is 0 Å². The Hall–Kier alpha value is -0.940. The highest BCUT2D eigenvalue weighted by molar-refractivity contribution is 6.38. The van der Waals surface area contributed by atoms with Gasteiger partial charge < -0.3 is 15.8 Å². The van der Waals surface area contributed by atoms with Gasteiger partial charge in [0.15, 0.2) is 0 Å². The fourth-order valence-corrected chi connectivity index (χ4v) is 0.964. The van der Waals surface area contributed by atoms with Crippen molar-refractivity contribution in [1.29, 1.82) is 0 Å². The van der Waals surface area contributed by atoms with Crippen molar-refractivity contribution >= 4 is 11.7 Å². The van der Waals surface area contributed by atoms with Crippen LogP contribution in [-0.2, 0) is 14.3 Å². The van der Waals surface area contributed by atoms with Crippen molar-refractivity contribution in [1.82, 2.24) is 5.32 Å². The Morgan fingerprint density at radius 1 is 1.50 bits per heavy atom. The van der Waals surface area contributed by atoms with Crippen molar-refractivity contribution in [3.63, 3.8) is 0 Å². The van der Waals surface area contributed by atoms with Gasteiger partial charge in [-0.15, -0.1) is 0 Å². The Morgan fingerprint density at radius 2 is 2.14 bits per heavy atom. The summed E-state index contributed by atoms with van der Waals surface area (Å²) in [4.78, 5) is 22.4. The molecule has 0 saturated carbocycles. The highest BCUT2D eigenvalue weighted by Crippen LogP contribution is 1.94. The van der Waals surface area contributed by atoms with E-state index in [1.807, 2.05) is 6.92 Å². The summed E-state index contributed by atoms with van der Waals surface area (Å²) < 4.78 is 4.72. The van der Waals surface area contributed by atoms with Gasteiger partial charge in [0.25, 0.3) is 5.91 Å². The molecule has 0 spiro atoms. The normalized spacial score (nSPS) is 12.2. The molecule has 1 amide bonds. The molecular formula is C9H18N2O3. The van der Waals surface area contributed by atoms with Gasteiger partial charge in [0.1, 0.15) is 0 Å². The molecule has 5 nitrogen and oxygen atoms in total. The molecule has 0 saturated heterocycles. The van der Waals surface area contributed by atoms with Gasteiger partial charge in [-0.05, 0) is 6.42 Å². The summed E-state index contributed by atoms with van der Waals surface area (Å²) in [5.41, 5.74) is 5.49. The highest BCUT2D eigenvalue weighted by atomic mass is 16.5. The van der Waals surface area contributed by atoms with Gasteiger partial charge in [-0.1, -0.05) is 13.3 Å². The van der Waals surface area contributed by atoms with Crippen molar-refractivity contribution in [2.75, 3.05) is 20.3 Å². The SMILES string of the molecule is CCCC(N)C(=O)C(=O)NCCOC. The quantitative estimate of drug-likeness (QED) is 0.428. The molecule has 0 aliphatic carbocycles. The molecule has 0 heterocycles. The number of hydrogen-bond donors (Lipinski definition) is 2. The van der Waals surface area contributed by atoms with Gasteiger partial charge in [0.2, 0.25) is 5.78 Å². The largest absolute Gasteiger partial charge is 0.383 e. The summed E-state index contributed by atoms with van der Waals surface area (Å²) in [5, 5.41) is 2.43. The lowest BCUT2D eigenvalue weighted by Gasteiger charge is -2.08. The first kappa shape index (κ1) is 13.1. The molecule has 82 valence electrons. The predicted octanol–water partition coefficient (Wildman–Crippen LogP) is -0.554. The van der Waals surface area contributed by atoms with E-state index in [0.717, 1.165) is 6.42 Å². The fourth-order valence-electron chi connectivity index (χ4n) is 0.964. The molecule has 0 aliphatic heterocycles. The minimum atomic E-state index is -0.678. The average Bonchev–Trinajstić information content (AvgIpc) is 2.17. The topological polar surface area (TPSA) is 81.4 Å². The maximum Gasteiger partial charge on any atom is 0.289 e. The van der Waals surface area contributed by atoms with Gasteiger partial charge in [-0.25, -0.2) is 0 Å². The number of hydrogen-bond acceptors (Lipinski definition) is 4. The molecule has 5 heteroatoms. The zero-order chi connectivity index (χ0) is 11.0. The van der Waals surface area contributed by atoms with Gasteiger partial charge in [0, 0.05) is 13.7 Å². The smallest absolute Gasteiger partial charge is 0.289 e. The van der Waals surface area contributed by atoms with Crippen molar-refractivity contribution < 1.29 is 14.3 Å². The summed E-state index contributed by atoms with van der Waals surface area (Å²) in [7, 11) is 1.52. The lowest BCUT2D eigenvalue weighted by Crippen LogP contribution is -2.43. The summed E-state index contributed by atoms with van der Waals surface area (Å²) in [5.74, 6) is -1.18. The minimum absolute atomic E-state index is 0.333. The molecule has 0 rings (SSSR count). The molecule has 0 fully saturated rings. The van der Waals surface area contributed by atoms with E-state index in [9.17, 15) is 9.59 Å². The number of nitrogens with one attached hydrogen (secondary N) is 1. The van der Waals surface area contributed by atoms with E-state index >= 15 is 0 Å². The molecular weight excluding hydrogens is 184 g/mol. The molecule has 3 N–H and O–H groups in total. The van der Waals surface area contributed by atoms with E-state index in [-0.39, 0.29) is 0 Å². The minimum Gasteiger partial charge on any atom is -0.383 e. The van der Waals surface area contributed by atoms with E-state index in [1.165, 1.54) is 7.11 Å². The van der Waals surface area contributed by atoms with Crippen LogP contribution in [0.2, 0.25) is 0 Å². The molecule has 0 aromatic heterocycles. The van der Waals surface area contributed by atoms with E-state index < -0.39 is 17.7 Å². The molecule has 0 aliphatic rings. The Kier molecular flexibility index (Phi) is 6.96. The monoisotopic (exact) mass is 202 g/mol. The third kappa shape index (κ3) is 4.94. The zero-order valence-electron chi connectivity index (χ0n) is 8.71. The Balaban J connectivity index is 3.81. The standard InChI is InChI=1S/C9H18N2O3/c1-3-4-7(10)8(12)9(13)11-5-6-14-2/h7H,3-6,10H2,1-2H3,(H,11,13).